The summed E-state index contributed by atoms with van der Waals surface area (Å²) in [6, 6.07) is 18.3. The van der Waals surface area contributed by atoms with E-state index in [0.717, 1.165) is 47.5 Å². The van der Waals surface area contributed by atoms with Crippen molar-refractivity contribution in [1.82, 2.24) is 4.98 Å². The van der Waals surface area contributed by atoms with E-state index in [4.69, 9.17) is 9.47 Å². The summed E-state index contributed by atoms with van der Waals surface area (Å²) in [7, 11) is 0. The SMILES string of the molecule is CCCCOc1ccc2cc(OCc3ccccc3)[nH]c2c1. The Morgan fingerprint density at radius 3 is 2.64 bits per heavy atom. The lowest BCUT2D eigenvalue weighted by atomic mass is 10.2. The van der Waals surface area contributed by atoms with E-state index in [-0.39, 0.29) is 0 Å². The molecule has 0 fully saturated rings. The number of aromatic nitrogens is 1. The van der Waals surface area contributed by atoms with Gasteiger partial charge in [0.25, 0.3) is 0 Å². The molecule has 0 aliphatic carbocycles. The van der Waals surface area contributed by atoms with Crippen LogP contribution in [0.5, 0.6) is 11.6 Å². The van der Waals surface area contributed by atoms with Crippen LogP contribution in [0, 0.1) is 0 Å². The average molecular weight is 295 g/mol. The molecule has 0 unspecified atom stereocenters. The molecule has 3 rings (SSSR count). The molecule has 3 nitrogen and oxygen atoms in total. The molecule has 1 heterocycles. The first-order chi connectivity index (χ1) is 10.8. The number of ether oxygens (including phenoxy) is 2. The van der Waals surface area contributed by atoms with Crippen molar-refractivity contribution < 1.29 is 9.47 Å². The van der Waals surface area contributed by atoms with Gasteiger partial charge in [0.2, 0.25) is 0 Å². The molecule has 0 radical (unpaired) electrons. The van der Waals surface area contributed by atoms with E-state index in [1.807, 2.05) is 36.4 Å². The summed E-state index contributed by atoms with van der Waals surface area (Å²) >= 11 is 0. The third-order valence-corrected chi connectivity index (χ3v) is 3.57. The molecule has 0 spiro atoms. The summed E-state index contributed by atoms with van der Waals surface area (Å²) in [4.78, 5) is 3.29. The van der Waals surface area contributed by atoms with Gasteiger partial charge in [0.05, 0.1) is 12.1 Å². The molecule has 0 aliphatic heterocycles. The van der Waals surface area contributed by atoms with Crippen LogP contribution in [0.25, 0.3) is 10.9 Å². The Bertz CT molecular complexity index is 719. The first kappa shape index (κ1) is 14.5. The van der Waals surface area contributed by atoms with E-state index < -0.39 is 0 Å². The molecule has 22 heavy (non-hydrogen) atoms. The molecule has 0 saturated heterocycles. The molecule has 0 atom stereocenters. The van der Waals surface area contributed by atoms with Gasteiger partial charge in [-0.1, -0.05) is 43.7 Å². The van der Waals surface area contributed by atoms with Crippen molar-refractivity contribution in [3.8, 4) is 11.6 Å². The molecule has 2 aromatic carbocycles. The zero-order chi connectivity index (χ0) is 15.2. The number of benzene rings is 2. The Hall–Kier alpha value is -2.42. The van der Waals surface area contributed by atoms with Crippen LogP contribution in [0.15, 0.2) is 54.6 Å². The molecule has 0 aliphatic rings. The van der Waals surface area contributed by atoms with Gasteiger partial charge in [-0.15, -0.1) is 0 Å². The zero-order valence-corrected chi connectivity index (χ0v) is 12.8. The van der Waals surface area contributed by atoms with Gasteiger partial charge in [-0.05, 0) is 24.1 Å². The lowest BCUT2D eigenvalue weighted by Crippen LogP contribution is -1.96. The van der Waals surface area contributed by atoms with Crippen molar-refractivity contribution >= 4 is 10.9 Å². The lowest BCUT2D eigenvalue weighted by molar-refractivity contribution is 0.296. The van der Waals surface area contributed by atoms with E-state index in [1.54, 1.807) is 0 Å². The fourth-order valence-electron chi connectivity index (χ4n) is 2.32. The monoisotopic (exact) mass is 295 g/mol. The van der Waals surface area contributed by atoms with Crippen LogP contribution in [0.4, 0.5) is 0 Å². The molecule has 3 aromatic rings. The van der Waals surface area contributed by atoms with Crippen LogP contribution in [0.2, 0.25) is 0 Å². The van der Waals surface area contributed by atoms with Gasteiger partial charge in [0.15, 0.2) is 5.88 Å². The number of H-pyrrole nitrogens is 1. The highest BCUT2D eigenvalue weighted by molar-refractivity contribution is 5.82. The van der Waals surface area contributed by atoms with Crippen molar-refractivity contribution in [3.63, 3.8) is 0 Å². The van der Waals surface area contributed by atoms with Crippen LogP contribution in [0.3, 0.4) is 0 Å². The van der Waals surface area contributed by atoms with Gasteiger partial charge in [0, 0.05) is 17.5 Å². The highest BCUT2D eigenvalue weighted by Gasteiger charge is 2.04. The summed E-state index contributed by atoms with van der Waals surface area (Å²) in [6.07, 6.45) is 2.22. The number of hydrogen-bond acceptors (Lipinski definition) is 2. The molecule has 0 saturated carbocycles. The third-order valence-electron chi connectivity index (χ3n) is 3.57. The molecule has 0 bridgehead atoms. The second kappa shape index (κ2) is 7.03. The second-order valence-electron chi connectivity index (χ2n) is 5.36. The van der Waals surface area contributed by atoms with Crippen molar-refractivity contribution in [2.45, 2.75) is 26.4 Å². The number of hydrogen-bond donors (Lipinski definition) is 1. The van der Waals surface area contributed by atoms with Crippen molar-refractivity contribution in [2.24, 2.45) is 0 Å². The average Bonchev–Trinajstić information content (AvgIpc) is 2.96. The van der Waals surface area contributed by atoms with Gasteiger partial charge in [-0.25, -0.2) is 0 Å². The minimum Gasteiger partial charge on any atom is -0.494 e. The van der Waals surface area contributed by atoms with Crippen molar-refractivity contribution in [1.29, 1.82) is 0 Å². The Balaban J connectivity index is 1.67. The maximum absolute atomic E-state index is 5.82. The number of aromatic amines is 1. The van der Waals surface area contributed by atoms with Crippen LogP contribution in [0.1, 0.15) is 25.3 Å². The van der Waals surface area contributed by atoms with Crippen molar-refractivity contribution in [2.75, 3.05) is 6.61 Å². The van der Waals surface area contributed by atoms with E-state index in [2.05, 4.69) is 30.1 Å². The van der Waals surface area contributed by atoms with Crippen LogP contribution in [-0.2, 0) is 6.61 Å². The Morgan fingerprint density at radius 1 is 0.955 bits per heavy atom. The quantitative estimate of drug-likeness (QED) is 0.627. The van der Waals surface area contributed by atoms with Gasteiger partial charge < -0.3 is 14.5 Å². The zero-order valence-electron chi connectivity index (χ0n) is 12.8. The van der Waals surface area contributed by atoms with Crippen LogP contribution < -0.4 is 9.47 Å². The van der Waals surface area contributed by atoms with E-state index in [0.29, 0.717) is 6.61 Å². The van der Waals surface area contributed by atoms with E-state index in [1.165, 1.54) is 0 Å². The number of nitrogens with one attached hydrogen (secondary N) is 1. The largest absolute Gasteiger partial charge is 0.494 e. The smallest absolute Gasteiger partial charge is 0.192 e. The molecule has 1 aromatic heterocycles. The fourth-order valence-corrected chi connectivity index (χ4v) is 2.32. The maximum atomic E-state index is 5.82. The first-order valence-electron chi connectivity index (χ1n) is 7.77. The van der Waals surface area contributed by atoms with Crippen LogP contribution >= 0.6 is 0 Å². The highest BCUT2D eigenvalue weighted by Crippen LogP contribution is 2.25. The number of rotatable bonds is 7. The molecular weight excluding hydrogens is 274 g/mol. The maximum Gasteiger partial charge on any atom is 0.192 e. The Kier molecular flexibility index (Phi) is 4.64. The Morgan fingerprint density at radius 2 is 1.82 bits per heavy atom. The molecule has 0 amide bonds. The van der Waals surface area contributed by atoms with Gasteiger partial charge in [-0.2, -0.15) is 0 Å². The van der Waals surface area contributed by atoms with E-state index >= 15 is 0 Å². The van der Waals surface area contributed by atoms with E-state index in [9.17, 15) is 0 Å². The summed E-state index contributed by atoms with van der Waals surface area (Å²) < 4.78 is 11.6. The molecule has 1 N–H and O–H groups in total. The lowest BCUT2D eigenvalue weighted by Gasteiger charge is -2.04. The van der Waals surface area contributed by atoms with Gasteiger partial charge in [-0.3, -0.25) is 0 Å². The van der Waals surface area contributed by atoms with Crippen molar-refractivity contribution in [3.05, 3.63) is 60.2 Å². The predicted octanol–water partition coefficient (Wildman–Crippen LogP) is 4.93. The molecular formula is C19H21NO2. The summed E-state index contributed by atoms with van der Waals surface area (Å²) in [5, 5.41) is 1.13. The summed E-state index contributed by atoms with van der Waals surface area (Å²) in [5.74, 6) is 1.68. The normalized spacial score (nSPS) is 10.8. The summed E-state index contributed by atoms with van der Waals surface area (Å²) in [6.45, 7) is 3.49. The van der Waals surface area contributed by atoms with Gasteiger partial charge >= 0.3 is 0 Å². The molecule has 3 heteroatoms. The van der Waals surface area contributed by atoms with Gasteiger partial charge in [0.1, 0.15) is 12.4 Å². The fraction of sp³-hybridized carbons (Fsp3) is 0.263. The standard InChI is InChI=1S/C19H21NO2/c1-2-3-11-21-17-10-9-16-12-19(20-18(16)13-17)22-14-15-7-5-4-6-8-15/h4-10,12-13,20H,2-3,11,14H2,1H3. The highest BCUT2D eigenvalue weighted by atomic mass is 16.5. The predicted molar refractivity (Wildman–Crippen MR) is 89.5 cm³/mol. The first-order valence-corrected chi connectivity index (χ1v) is 7.77. The second-order valence-corrected chi connectivity index (χ2v) is 5.36. The summed E-state index contributed by atoms with van der Waals surface area (Å²) in [5.41, 5.74) is 2.20. The number of fused-ring (bicyclic) bond motifs is 1. The van der Waals surface area contributed by atoms with Crippen LogP contribution in [-0.4, -0.2) is 11.6 Å². The Labute approximate surface area is 130 Å². The third kappa shape index (κ3) is 3.61. The minimum atomic E-state index is 0.563. The topological polar surface area (TPSA) is 34.2 Å². The number of unbranched alkanes of at least 4 members (excludes halogenated alkanes) is 1. The minimum absolute atomic E-state index is 0.563. The molecule has 114 valence electrons.